The van der Waals surface area contributed by atoms with Crippen molar-refractivity contribution in [1.29, 1.82) is 0 Å². The number of hydrogen-bond donors (Lipinski definition) is 2. The number of oxazole rings is 1. The van der Waals surface area contributed by atoms with Gasteiger partial charge in [-0.1, -0.05) is 6.07 Å². The Bertz CT molecular complexity index is 1310. The summed E-state index contributed by atoms with van der Waals surface area (Å²) in [6, 6.07) is 6.51. The van der Waals surface area contributed by atoms with Crippen molar-refractivity contribution in [3.63, 3.8) is 0 Å². The van der Waals surface area contributed by atoms with Gasteiger partial charge in [0.25, 0.3) is 11.9 Å². The summed E-state index contributed by atoms with van der Waals surface area (Å²) in [6.45, 7) is 4.50. The van der Waals surface area contributed by atoms with E-state index in [4.69, 9.17) is 14.9 Å². The third kappa shape index (κ3) is 4.22. The number of rotatable bonds is 8. The molecule has 1 amide bonds. The van der Waals surface area contributed by atoms with Crippen molar-refractivity contribution in [2.24, 2.45) is 5.73 Å². The molecule has 1 aliphatic heterocycles. The SMILES string of the molecule is COCCn1cc(Nc2ncc(C3CN(c4nc5ccc(C)cc5o4)C3)nc2C(N)=O)cn1. The molecule has 0 aliphatic carbocycles. The minimum atomic E-state index is -0.649. The molecule has 1 aromatic carbocycles. The van der Waals surface area contributed by atoms with Crippen LogP contribution in [-0.4, -0.2) is 57.4 Å². The number of carbonyl (C=O) groups is 1. The van der Waals surface area contributed by atoms with Gasteiger partial charge in [-0.25, -0.2) is 9.97 Å². The molecular weight excluding hydrogens is 424 g/mol. The number of benzene rings is 1. The Kier molecular flexibility index (Phi) is 5.38. The third-order valence-electron chi connectivity index (χ3n) is 5.55. The van der Waals surface area contributed by atoms with Gasteiger partial charge in [0.15, 0.2) is 17.1 Å². The van der Waals surface area contributed by atoms with Crippen molar-refractivity contribution in [1.82, 2.24) is 24.7 Å². The second-order valence-corrected chi connectivity index (χ2v) is 8.04. The van der Waals surface area contributed by atoms with E-state index in [1.807, 2.05) is 30.0 Å². The molecule has 0 radical (unpaired) electrons. The number of ether oxygens (including phenoxy) is 1. The number of nitrogens with one attached hydrogen (secondary N) is 1. The zero-order valence-electron chi connectivity index (χ0n) is 18.4. The van der Waals surface area contributed by atoms with Crippen LogP contribution in [0.15, 0.2) is 41.2 Å². The van der Waals surface area contributed by atoms with Gasteiger partial charge < -0.3 is 25.1 Å². The van der Waals surface area contributed by atoms with Crippen LogP contribution in [-0.2, 0) is 11.3 Å². The fourth-order valence-electron chi connectivity index (χ4n) is 3.71. The lowest BCUT2D eigenvalue weighted by Crippen LogP contribution is -2.45. The van der Waals surface area contributed by atoms with Crippen LogP contribution in [0.5, 0.6) is 0 Å². The first-order valence-corrected chi connectivity index (χ1v) is 10.6. The zero-order valence-corrected chi connectivity index (χ0v) is 18.4. The van der Waals surface area contributed by atoms with E-state index in [0.29, 0.717) is 49.5 Å². The second-order valence-electron chi connectivity index (χ2n) is 8.04. The van der Waals surface area contributed by atoms with Crippen molar-refractivity contribution < 1.29 is 13.9 Å². The lowest BCUT2D eigenvalue weighted by Gasteiger charge is -2.37. The smallest absolute Gasteiger partial charge is 0.298 e. The van der Waals surface area contributed by atoms with Crippen molar-refractivity contribution in [3.8, 4) is 0 Å². The molecule has 0 spiro atoms. The summed E-state index contributed by atoms with van der Waals surface area (Å²) in [5.41, 5.74) is 9.78. The number of aryl methyl sites for hydroxylation is 1. The average molecular weight is 448 g/mol. The van der Waals surface area contributed by atoms with Crippen LogP contribution in [0.3, 0.4) is 0 Å². The zero-order chi connectivity index (χ0) is 22.9. The fraction of sp³-hybridized carbons (Fsp3) is 0.318. The minimum absolute atomic E-state index is 0.0907. The van der Waals surface area contributed by atoms with Crippen LogP contribution < -0.4 is 16.0 Å². The van der Waals surface area contributed by atoms with E-state index in [1.54, 1.807) is 30.4 Å². The summed E-state index contributed by atoms with van der Waals surface area (Å²) in [5, 5.41) is 7.31. The number of amides is 1. The van der Waals surface area contributed by atoms with Crippen LogP contribution in [0.4, 0.5) is 17.5 Å². The van der Waals surface area contributed by atoms with E-state index in [1.165, 1.54) is 0 Å². The number of aromatic nitrogens is 5. The summed E-state index contributed by atoms with van der Waals surface area (Å²) in [5.74, 6) is -0.259. The maximum absolute atomic E-state index is 12.1. The monoisotopic (exact) mass is 448 g/mol. The Labute approximate surface area is 189 Å². The molecule has 11 nitrogen and oxygen atoms in total. The molecule has 11 heteroatoms. The molecule has 0 saturated carbocycles. The summed E-state index contributed by atoms with van der Waals surface area (Å²) in [6.07, 6.45) is 5.11. The van der Waals surface area contributed by atoms with E-state index in [2.05, 4.69) is 25.4 Å². The van der Waals surface area contributed by atoms with E-state index < -0.39 is 5.91 Å². The molecule has 3 aromatic heterocycles. The van der Waals surface area contributed by atoms with Gasteiger partial charge in [0.1, 0.15) is 5.52 Å². The molecule has 3 N–H and O–H groups in total. The Hall–Kier alpha value is -3.99. The Morgan fingerprint density at radius 3 is 2.94 bits per heavy atom. The first-order chi connectivity index (χ1) is 16.0. The molecule has 5 rings (SSSR count). The predicted octanol–water partition coefficient (Wildman–Crippen LogP) is 2.22. The van der Waals surface area contributed by atoms with Gasteiger partial charge in [0, 0.05) is 32.3 Å². The number of carbonyl (C=O) groups excluding carboxylic acids is 1. The van der Waals surface area contributed by atoms with Gasteiger partial charge >= 0.3 is 0 Å². The third-order valence-corrected chi connectivity index (χ3v) is 5.55. The van der Waals surface area contributed by atoms with Gasteiger partial charge in [0.05, 0.1) is 36.9 Å². The number of hydrogen-bond acceptors (Lipinski definition) is 9. The Morgan fingerprint density at radius 2 is 2.15 bits per heavy atom. The summed E-state index contributed by atoms with van der Waals surface area (Å²) < 4.78 is 12.7. The predicted molar refractivity (Wildman–Crippen MR) is 122 cm³/mol. The number of methoxy groups -OCH3 is 1. The van der Waals surface area contributed by atoms with Crippen molar-refractivity contribution in [2.75, 3.05) is 37.0 Å². The average Bonchev–Trinajstić information content (AvgIpc) is 3.38. The van der Waals surface area contributed by atoms with E-state index in [-0.39, 0.29) is 11.6 Å². The molecule has 33 heavy (non-hydrogen) atoms. The number of anilines is 3. The molecule has 1 fully saturated rings. The van der Waals surface area contributed by atoms with Gasteiger partial charge in [-0.3, -0.25) is 9.48 Å². The quantitative estimate of drug-likeness (QED) is 0.415. The van der Waals surface area contributed by atoms with Crippen molar-refractivity contribution >= 4 is 34.5 Å². The van der Waals surface area contributed by atoms with Crippen LogP contribution in [0.2, 0.25) is 0 Å². The van der Waals surface area contributed by atoms with Crippen molar-refractivity contribution in [2.45, 2.75) is 19.4 Å². The number of nitrogens with zero attached hydrogens (tertiary/aromatic N) is 6. The highest BCUT2D eigenvalue weighted by Crippen LogP contribution is 2.33. The van der Waals surface area contributed by atoms with E-state index >= 15 is 0 Å². The topological polar surface area (TPSA) is 137 Å². The van der Waals surface area contributed by atoms with E-state index in [9.17, 15) is 4.79 Å². The molecule has 1 saturated heterocycles. The normalized spacial score (nSPS) is 13.9. The lowest BCUT2D eigenvalue weighted by atomic mass is 9.97. The standard InChI is InChI=1S/C22H24N8O3/c1-13-3-4-16-18(7-13)33-22(28-16)29-10-14(11-29)17-9-24-21(19(27-17)20(23)31)26-15-8-25-30(12-15)5-6-32-2/h3-4,7-9,12,14H,5-6,10-11H2,1-2H3,(H2,23,31)(H,24,26). The molecule has 170 valence electrons. The van der Waals surface area contributed by atoms with Crippen LogP contribution in [0, 0.1) is 6.92 Å². The van der Waals surface area contributed by atoms with Crippen molar-refractivity contribution in [3.05, 3.63) is 53.7 Å². The summed E-state index contributed by atoms with van der Waals surface area (Å²) in [7, 11) is 1.63. The first-order valence-electron chi connectivity index (χ1n) is 10.6. The Balaban J connectivity index is 1.29. The minimum Gasteiger partial charge on any atom is -0.423 e. The lowest BCUT2D eigenvalue weighted by molar-refractivity contribution is 0.0995. The van der Waals surface area contributed by atoms with Crippen LogP contribution in [0.1, 0.15) is 27.7 Å². The van der Waals surface area contributed by atoms with Gasteiger partial charge in [-0.2, -0.15) is 10.1 Å². The highest BCUT2D eigenvalue weighted by atomic mass is 16.5. The summed E-state index contributed by atoms with van der Waals surface area (Å²) in [4.78, 5) is 27.6. The molecule has 0 atom stereocenters. The van der Waals surface area contributed by atoms with Gasteiger partial charge in [-0.05, 0) is 24.6 Å². The highest BCUT2D eigenvalue weighted by molar-refractivity contribution is 5.96. The maximum Gasteiger partial charge on any atom is 0.298 e. The molecule has 4 heterocycles. The van der Waals surface area contributed by atoms with Crippen LogP contribution in [0.25, 0.3) is 11.1 Å². The maximum atomic E-state index is 12.1. The molecular formula is C22H24N8O3. The van der Waals surface area contributed by atoms with Gasteiger partial charge in [-0.15, -0.1) is 0 Å². The van der Waals surface area contributed by atoms with E-state index in [0.717, 1.165) is 16.7 Å². The number of fused-ring (bicyclic) bond motifs is 1. The molecule has 4 aromatic rings. The summed E-state index contributed by atoms with van der Waals surface area (Å²) >= 11 is 0. The highest BCUT2D eigenvalue weighted by Gasteiger charge is 2.33. The van der Waals surface area contributed by atoms with Crippen LogP contribution >= 0.6 is 0 Å². The number of primary amides is 1. The molecule has 1 aliphatic rings. The molecule has 0 bridgehead atoms. The largest absolute Gasteiger partial charge is 0.423 e. The first kappa shape index (κ1) is 20.9. The number of nitrogens with two attached hydrogens (primary N) is 1. The fourth-order valence-corrected chi connectivity index (χ4v) is 3.71. The Morgan fingerprint density at radius 1 is 1.30 bits per heavy atom. The molecule has 0 unspecified atom stereocenters. The second kappa shape index (κ2) is 8.51. The van der Waals surface area contributed by atoms with Gasteiger partial charge in [0.2, 0.25) is 0 Å².